The Balaban J connectivity index is 2.14. The minimum atomic E-state index is -0.669. The average molecular weight is 271 g/mol. The topological polar surface area (TPSA) is 81.1 Å². The van der Waals surface area contributed by atoms with Crippen LogP contribution in [0.2, 0.25) is 0 Å². The molecule has 2 heterocycles. The van der Waals surface area contributed by atoms with Gasteiger partial charge in [-0.3, -0.25) is 24.3 Å². The highest BCUT2D eigenvalue weighted by Crippen LogP contribution is 2.18. The van der Waals surface area contributed by atoms with Gasteiger partial charge in [0.05, 0.1) is 17.2 Å². The highest BCUT2D eigenvalue weighted by molar-refractivity contribution is 5.99. The van der Waals surface area contributed by atoms with Gasteiger partial charge in [0.2, 0.25) is 11.8 Å². The summed E-state index contributed by atoms with van der Waals surface area (Å²) in [6.07, 6.45) is 1.94. The Bertz CT molecular complexity index is 779. The number of rotatable bonds is 1. The molecule has 102 valence electrons. The number of carbonyl (C=O) groups excluding carboxylic acids is 2. The lowest BCUT2D eigenvalue weighted by molar-refractivity contribution is -0.135. The Labute approximate surface area is 114 Å². The Morgan fingerprint density at radius 3 is 2.85 bits per heavy atom. The van der Waals surface area contributed by atoms with Gasteiger partial charge in [-0.25, -0.2) is 4.98 Å². The smallest absolute Gasteiger partial charge is 0.261 e. The van der Waals surface area contributed by atoms with Crippen LogP contribution in [-0.2, 0) is 9.59 Å². The van der Waals surface area contributed by atoms with Gasteiger partial charge in [0.1, 0.15) is 6.04 Å². The van der Waals surface area contributed by atoms with Crippen molar-refractivity contribution in [3.8, 4) is 0 Å². The molecular formula is C14H13N3O3. The van der Waals surface area contributed by atoms with Crippen LogP contribution in [0.1, 0.15) is 24.4 Å². The number of benzene rings is 1. The van der Waals surface area contributed by atoms with E-state index in [2.05, 4.69) is 10.3 Å². The highest BCUT2D eigenvalue weighted by atomic mass is 16.2. The summed E-state index contributed by atoms with van der Waals surface area (Å²) >= 11 is 0. The van der Waals surface area contributed by atoms with Gasteiger partial charge in [-0.05, 0) is 25.0 Å². The maximum absolute atomic E-state index is 12.5. The zero-order chi connectivity index (χ0) is 14.3. The summed E-state index contributed by atoms with van der Waals surface area (Å²) in [5.41, 5.74) is 1.30. The van der Waals surface area contributed by atoms with Crippen LogP contribution in [0.3, 0.4) is 0 Å². The molecule has 0 aliphatic carbocycles. The fourth-order valence-corrected chi connectivity index (χ4v) is 2.48. The molecule has 1 N–H and O–H groups in total. The van der Waals surface area contributed by atoms with Crippen molar-refractivity contribution in [2.75, 3.05) is 0 Å². The number of imide groups is 1. The fraction of sp³-hybridized carbons (Fsp3) is 0.286. The first kappa shape index (κ1) is 12.5. The van der Waals surface area contributed by atoms with E-state index in [1.165, 1.54) is 10.9 Å². The standard InChI is InChI=1S/C14H13N3O3/c1-8-3-2-4-9-12(8)15-7-17(14(9)20)10-5-6-11(18)16-13(10)19/h2-4,7,10H,5-6H2,1H3,(H,16,18,19). The molecule has 0 saturated carbocycles. The van der Waals surface area contributed by atoms with Gasteiger partial charge in [0.15, 0.2) is 0 Å². The predicted molar refractivity (Wildman–Crippen MR) is 72.2 cm³/mol. The molecule has 1 aliphatic heterocycles. The van der Waals surface area contributed by atoms with Gasteiger partial charge >= 0.3 is 0 Å². The molecule has 0 radical (unpaired) electrons. The van der Waals surface area contributed by atoms with Crippen molar-refractivity contribution in [2.45, 2.75) is 25.8 Å². The molecule has 2 aromatic rings. The van der Waals surface area contributed by atoms with Crippen molar-refractivity contribution in [1.82, 2.24) is 14.9 Å². The molecule has 1 aromatic heterocycles. The average Bonchev–Trinajstić information content (AvgIpc) is 2.41. The summed E-state index contributed by atoms with van der Waals surface area (Å²) in [6.45, 7) is 1.88. The third kappa shape index (κ3) is 1.89. The zero-order valence-corrected chi connectivity index (χ0v) is 10.9. The van der Waals surface area contributed by atoms with E-state index in [1.807, 2.05) is 13.0 Å². The molecule has 0 bridgehead atoms. The van der Waals surface area contributed by atoms with Gasteiger partial charge in [0.25, 0.3) is 5.56 Å². The van der Waals surface area contributed by atoms with E-state index in [4.69, 9.17) is 0 Å². The van der Waals surface area contributed by atoms with E-state index in [-0.39, 0.29) is 17.9 Å². The lowest BCUT2D eigenvalue weighted by Crippen LogP contribution is -2.44. The normalized spacial score (nSPS) is 19.1. The van der Waals surface area contributed by atoms with Crippen molar-refractivity contribution in [3.05, 3.63) is 40.4 Å². The molecule has 1 unspecified atom stereocenters. The Hall–Kier alpha value is -2.50. The van der Waals surface area contributed by atoms with E-state index in [0.717, 1.165) is 5.56 Å². The first-order chi connectivity index (χ1) is 9.58. The second-order valence-electron chi connectivity index (χ2n) is 4.89. The zero-order valence-electron chi connectivity index (χ0n) is 10.9. The van der Waals surface area contributed by atoms with Gasteiger partial charge < -0.3 is 0 Å². The number of amides is 2. The summed E-state index contributed by atoms with van der Waals surface area (Å²) in [5, 5.41) is 2.73. The number of para-hydroxylation sites is 1. The number of nitrogens with one attached hydrogen (secondary N) is 1. The molecule has 1 saturated heterocycles. The molecule has 1 atom stereocenters. The van der Waals surface area contributed by atoms with Gasteiger partial charge in [-0.1, -0.05) is 12.1 Å². The van der Waals surface area contributed by atoms with Crippen molar-refractivity contribution in [1.29, 1.82) is 0 Å². The molecule has 6 nitrogen and oxygen atoms in total. The predicted octanol–water partition coefficient (Wildman–Crippen LogP) is 0.683. The number of hydrogen-bond donors (Lipinski definition) is 1. The van der Waals surface area contributed by atoms with Gasteiger partial charge in [0, 0.05) is 6.42 Å². The van der Waals surface area contributed by atoms with Crippen LogP contribution < -0.4 is 10.9 Å². The van der Waals surface area contributed by atoms with Crippen LogP contribution in [0.15, 0.2) is 29.3 Å². The van der Waals surface area contributed by atoms with E-state index in [0.29, 0.717) is 17.3 Å². The molecule has 1 aliphatic rings. The highest BCUT2D eigenvalue weighted by Gasteiger charge is 2.29. The minimum absolute atomic E-state index is 0.231. The maximum Gasteiger partial charge on any atom is 0.261 e. The van der Waals surface area contributed by atoms with Crippen molar-refractivity contribution >= 4 is 22.7 Å². The number of nitrogens with zero attached hydrogens (tertiary/aromatic N) is 2. The number of aryl methyl sites for hydroxylation is 1. The summed E-state index contributed by atoms with van der Waals surface area (Å²) in [5.74, 6) is -0.749. The maximum atomic E-state index is 12.5. The molecule has 3 rings (SSSR count). The van der Waals surface area contributed by atoms with E-state index in [1.54, 1.807) is 12.1 Å². The summed E-state index contributed by atoms with van der Waals surface area (Å²) in [6, 6.07) is 4.69. The molecular weight excluding hydrogens is 258 g/mol. The Kier molecular flexibility index (Phi) is 2.85. The second kappa shape index (κ2) is 4.56. The molecule has 1 fully saturated rings. The third-order valence-electron chi connectivity index (χ3n) is 3.56. The molecule has 6 heteroatoms. The minimum Gasteiger partial charge on any atom is -0.295 e. The van der Waals surface area contributed by atoms with Crippen molar-refractivity contribution in [2.24, 2.45) is 0 Å². The van der Waals surface area contributed by atoms with Crippen LogP contribution in [0.4, 0.5) is 0 Å². The largest absolute Gasteiger partial charge is 0.295 e. The number of aromatic nitrogens is 2. The number of hydrogen-bond acceptors (Lipinski definition) is 4. The van der Waals surface area contributed by atoms with Crippen molar-refractivity contribution in [3.63, 3.8) is 0 Å². The van der Waals surface area contributed by atoms with Crippen LogP contribution in [0.5, 0.6) is 0 Å². The summed E-state index contributed by atoms with van der Waals surface area (Å²) < 4.78 is 1.31. The summed E-state index contributed by atoms with van der Waals surface area (Å²) in [7, 11) is 0. The molecule has 1 aromatic carbocycles. The lowest BCUT2D eigenvalue weighted by Gasteiger charge is -2.22. The Morgan fingerprint density at radius 2 is 2.10 bits per heavy atom. The Morgan fingerprint density at radius 1 is 1.30 bits per heavy atom. The molecule has 20 heavy (non-hydrogen) atoms. The van der Waals surface area contributed by atoms with Crippen LogP contribution in [0, 0.1) is 6.92 Å². The molecule has 2 amide bonds. The number of piperidine rings is 1. The van der Waals surface area contributed by atoms with Crippen molar-refractivity contribution < 1.29 is 9.59 Å². The first-order valence-corrected chi connectivity index (χ1v) is 6.38. The number of fused-ring (bicyclic) bond motifs is 1. The van der Waals surface area contributed by atoms with E-state index < -0.39 is 11.9 Å². The van der Waals surface area contributed by atoms with Crippen LogP contribution in [0.25, 0.3) is 10.9 Å². The van der Waals surface area contributed by atoms with Crippen LogP contribution in [-0.4, -0.2) is 21.4 Å². The van der Waals surface area contributed by atoms with Gasteiger partial charge in [-0.15, -0.1) is 0 Å². The number of carbonyl (C=O) groups is 2. The SMILES string of the molecule is Cc1cccc2c(=O)n(C3CCC(=O)NC3=O)cnc12. The van der Waals surface area contributed by atoms with Gasteiger partial charge in [-0.2, -0.15) is 0 Å². The monoisotopic (exact) mass is 271 g/mol. The summed E-state index contributed by atoms with van der Waals surface area (Å²) in [4.78, 5) is 39.7. The lowest BCUT2D eigenvalue weighted by atomic mass is 10.1. The second-order valence-corrected chi connectivity index (χ2v) is 4.89. The van der Waals surface area contributed by atoms with E-state index >= 15 is 0 Å². The third-order valence-corrected chi connectivity index (χ3v) is 3.56. The van der Waals surface area contributed by atoms with E-state index in [9.17, 15) is 14.4 Å². The molecule has 0 spiro atoms. The first-order valence-electron chi connectivity index (χ1n) is 6.38. The quantitative estimate of drug-likeness (QED) is 0.773. The van der Waals surface area contributed by atoms with Crippen LogP contribution >= 0.6 is 0 Å². The fourth-order valence-electron chi connectivity index (χ4n) is 2.48.